The standard InChI is InChI=1S/C23H28N4O4/c1-5-31-21-12-18-15(13-26(25-18)17-10-16(11-17)23(3,4)29)9-19(21)24-22(28)20-8-6-7-14(2)27(20)30/h6-9,12-13,16-17,29H,5,10-11H2,1-4H3,(H,24,28). The highest BCUT2D eigenvalue weighted by Gasteiger charge is 2.40. The first-order valence-electron chi connectivity index (χ1n) is 10.6. The predicted molar refractivity (Wildman–Crippen MR) is 117 cm³/mol. The predicted octanol–water partition coefficient (Wildman–Crippen LogP) is 3.35. The fraction of sp³-hybridized carbons (Fsp3) is 0.435. The van der Waals surface area contributed by atoms with Gasteiger partial charge < -0.3 is 20.4 Å². The second-order valence-corrected chi connectivity index (χ2v) is 8.73. The second-order valence-electron chi connectivity index (χ2n) is 8.73. The van der Waals surface area contributed by atoms with Gasteiger partial charge in [-0.2, -0.15) is 9.83 Å². The van der Waals surface area contributed by atoms with Crippen molar-refractivity contribution >= 4 is 22.5 Å². The van der Waals surface area contributed by atoms with Crippen LogP contribution in [-0.4, -0.2) is 33.0 Å². The van der Waals surface area contributed by atoms with E-state index >= 15 is 0 Å². The minimum Gasteiger partial charge on any atom is -0.618 e. The Morgan fingerprint density at radius 2 is 2.13 bits per heavy atom. The van der Waals surface area contributed by atoms with Gasteiger partial charge in [-0.15, -0.1) is 0 Å². The van der Waals surface area contributed by atoms with E-state index in [9.17, 15) is 15.1 Å². The number of amides is 1. The zero-order chi connectivity index (χ0) is 22.3. The third-order valence-electron chi connectivity index (χ3n) is 6.02. The Bertz CT molecular complexity index is 1130. The van der Waals surface area contributed by atoms with Crippen LogP contribution in [0.5, 0.6) is 5.75 Å². The van der Waals surface area contributed by atoms with Gasteiger partial charge in [-0.3, -0.25) is 9.48 Å². The summed E-state index contributed by atoms with van der Waals surface area (Å²) in [5.41, 5.74) is 1.03. The summed E-state index contributed by atoms with van der Waals surface area (Å²) in [5, 5.41) is 30.8. The van der Waals surface area contributed by atoms with Gasteiger partial charge in [0, 0.05) is 36.7 Å². The molecule has 1 aromatic carbocycles. The number of carbonyl (C=O) groups is 1. The van der Waals surface area contributed by atoms with Crippen LogP contribution in [0.4, 0.5) is 5.69 Å². The molecule has 2 N–H and O–H groups in total. The van der Waals surface area contributed by atoms with Gasteiger partial charge in [0.05, 0.1) is 29.5 Å². The lowest BCUT2D eigenvalue weighted by atomic mass is 9.71. The zero-order valence-corrected chi connectivity index (χ0v) is 18.3. The number of benzene rings is 1. The highest BCUT2D eigenvalue weighted by atomic mass is 16.5. The quantitative estimate of drug-likeness (QED) is 0.467. The van der Waals surface area contributed by atoms with Crippen molar-refractivity contribution in [1.82, 2.24) is 9.78 Å². The third kappa shape index (κ3) is 4.07. The van der Waals surface area contributed by atoms with Crippen molar-refractivity contribution in [1.29, 1.82) is 0 Å². The molecule has 0 unspecified atom stereocenters. The lowest BCUT2D eigenvalue weighted by Crippen LogP contribution is -2.41. The Balaban J connectivity index is 1.61. The van der Waals surface area contributed by atoms with E-state index in [4.69, 9.17) is 4.74 Å². The van der Waals surface area contributed by atoms with E-state index in [1.54, 1.807) is 25.1 Å². The summed E-state index contributed by atoms with van der Waals surface area (Å²) >= 11 is 0. The summed E-state index contributed by atoms with van der Waals surface area (Å²) in [6.07, 6.45) is 3.69. The Hall–Kier alpha value is -3.13. The number of nitrogens with one attached hydrogen (secondary N) is 1. The average Bonchev–Trinajstić information content (AvgIpc) is 3.04. The minimum atomic E-state index is -0.684. The van der Waals surface area contributed by atoms with Crippen LogP contribution in [0.2, 0.25) is 0 Å². The second kappa shape index (κ2) is 7.85. The van der Waals surface area contributed by atoms with Gasteiger partial charge in [-0.05, 0) is 51.7 Å². The van der Waals surface area contributed by atoms with E-state index in [0.29, 0.717) is 28.5 Å². The summed E-state index contributed by atoms with van der Waals surface area (Å²) < 4.78 is 8.27. The Labute approximate surface area is 181 Å². The third-order valence-corrected chi connectivity index (χ3v) is 6.02. The van der Waals surface area contributed by atoms with E-state index in [1.165, 1.54) is 6.07 Å². The van der Waals surface area contributed by atoms with E-state index in [2.05, 4.69) is 10.4 Å². The summed E-state index contributed by atoms with van der Waals surface area (Å²) in [6, 6.07) is 8.68. The molecule has 164 valence electrons. The van der Waals surface area contributed by atoms with Crippen LogP contribution in [0.25, 0.3) is 10.9 Å². The molecular weight excluding hydrogens is 396 g/mol. The van der Waals surface area contributed by atoms with Gasteiger partial charge in [-0.1, -0.05) is 0 Å². The van der Waals surface area contributed by atoms with Crippen molar-refractivity contribution in [2.75, 3.05) is 11.9 Å². The molecule has 2 heterocycles. The zero-order valence-electron chi connectivity index (χ0n) is 18.3. The first-order chi connectivity index (χ1) is 14.7. The number of nitrogens with zero attached hydrogens (tertiary/aromatic N) is 3. The molecule has 0 aliphatic heterocycles. The fourth-order valence-corrected chi connectivity index (χ4v) is 3.97. The number of anilines is 1. The van der Waals surface area contributed by atoms with Crippen LogP contribution in [0.3, 0.4) is 0 Å². The highest BCUT2D eigenvalue weighted by molar-refractivity contribution is 6.04. The molecule has 31 heavy (non-hydrogen) atoms. The molecule has 1 aliphatic carbocycles. The number of fused-ring (bicyclic) bond motifs is 1. The highest BCUT2D eigenvalue weighted by Crippen LogP contribution is 2.44. The molecule has 0 radical (unpaired) electrons. The molecule has 0 saturated heterocycles. The van der Waals surface area contributed by atoms with Crippen LogP contribution < -0.4 is 14.8 Å². The van der Waals surface area contributed by atoms with E-state index in [0.717, 1.165) is 23.7 Å². The van der Waals surface area contributed by atoms with Crippen molar-refractivity contribution in [3.8, 4) is 5.75 Å². The van der Waals surface area contributed by atoms with Gasteiger partial charge >= 0.3 is 5.91 Å². The Morgan fingerprint density at radius 3 is 2.81 bits per heavy atom. The maximum atomic E-state index is 12.7. The van der Waals surface area contributed by atoms with E-state index < -0.39 is 11.5 Å². The summed E-state index contributed by atoms with van der Waals surface area (Å²) in [6.45, 7) is 7.63. The van der Waals surface area contributed by atoms with Crippen molar-refractivity contribution in [2.45, 2.75) is 52.2 Å². The van der Waals surface area contributed by atoms with Crippen molar-refractivity contribution in [2.24, 2.45) is 5.92 Å². The van der Waals surface area contributed by atoms with Gasteiger partial charge in [0.2, 0.25) is 0 Å². The maximum absolute atomic E-state index is 12.7. The lowest BCUT2D eigenvalue weighted by Gasteiger charge is -2.42. The number of aliphatic hydroxyl groups is 1. The molecule has 0 atom stereocenters. The van der Waals surface area contributed by atoms with Crippen LogP contribution in [-0.2, 0) is 0 Å². The van der Waals surface area contributed by atoms with Gasteiger partial charge in [0.15, 0.2) is 5.69 Å². The number of aromatic nitrogens is 3. The van der Waals surface area contributed by atoms with Gasteiger partial charge in [0.1, 0.15) is 5.75 Å². The summed E-state index contributed by atoms with van der Waals surface area (Å²) in [7, 11) is 0. The number of rotatable bonds is 6. The topological polar surface area (TPSA) is 103 Å². The maximum Gasteiger partial charge on any atom is 0.321 e. The number of hydrogen-bond donors (Lipinski definition) is 2. The molecule has 3 aromatic rings. The van der Waals surface area contributed by atoms with Crippen LogP contribution in [0, 0.1) is 18.0 Å². The minimum absolute atomic E-state index is 0.0189. The van der Waals surface area contributed by atoms with Crippen LogP contribution in [0.15, 0.2) is 36.5 Å². The van der Waals surface area contributed by atoms with E-state index in [1.807, 2.05) is 37.7 Å². The number of carbonyl (C=O) groups excluding carboxylic acids is 1. The molecule has 1 saturated carbocycles. The smallest absolute Gasteiger partial charge is 0.321 e. The van der Waals surface area contributed by atoms with Crippen molar-refractivity contribution in [3.63, 3.8) is 0 Å². The largest absolute Gasteiger partial charge is 0.618 e. The molecule has 8 nitrogen and oxygen atoms in total. The summed E-state index contributed by atoms with van der Waals surface area (Å²) in [5.74, 6) is 0.256. The average molecular weight is 425 g/mol. The molecule has 8 heteroatoms. The van der Waals surface area contributed by atoms with Gasteiger partial charge in [0.25, 0.3) is 5.69 Å². The molecule has 0 bridgehead atoms. The summed E-state index contributed by atoms with van der Waals surface area (Å²) in [4.78, 5) is 12.7. The monoisotopic (exact) mass is 424 g/mol. The van der Waals surface area contributed by atoms with Gasteiger partial charge in [-0.25, -0.2) is 0 Å². The SMILES string of the molecule is CCOc1cc2nn(C3CC(C(C)(C)O)C3)cc2cc1NC(=O)c1cccc(C)[n+]1[O-]. The first kappa shape index (κ1) is 21.1. The molecule has 2 aromatic heterocycles. The van der Waals surface area contributed by atoms with Crippen molar-refractivity contribution in [3.05, 3.63) is 53.1 Å². The fourth-order valence-electron chi connectivity index (χ4n) is 3.97. The number of ether oxygens (including phenoxy) is 1. The molecule has 1 fully saturated rings. The first-order valence-corrected chi connectivity index (χ1v) is 10.6. The van der Waals surface area contributed by atoms with Crippen molar-refractivity contribution < 1.29 is 19.4 Å². The van der Waals surface area contributed by atoms with E-state index in [-0.39, 0.29) is 17.7 Å². The van der Waals surface area contributed by atoms with Crippen LogP contribution >= 0.6 is 0 Å². The molecule has 4 rings (SSSR count). The molecule has 1 amide bonds. The Morgan fingerprint density at radius 1 is 1.39 bits per heavy atom. The molecule has 1 aliphatic rings. The lowest BCUT2D eigenvalue weighted by molar-refractivity contribution is -0.614. The molecule has 0 spiro atoms. The number of hydrogen-bond acceptors (Lipinski definition) is 5. The Kier molecular flexibility index (Phi) is 5.35. The number of pyridine rings is 1. The number of aryl methyl sites for hydroxylation is 1. The molecular formula is C23H28N4O4. The normalized spacial score (nSPS) is 18.6. The van der Waals surface area contributed by atoms with Crippen LogP contribution in [0.1, 0.15) is 55.8 Å².